The molecule has 174 valence electrons. The van der Waals surface area contributed by atoms with Gasteiger partial charge in [-0.05, 0) is 58.8 Å². The highest BCUT2D eigenvalue weighted by molar-refractivity contribution is 6.42. The van der Waals surface area contributed by atoms with Gasteiger partial charge >= 0.3 is 0 Å². The van der Waals surface area contributed by atoms with Gasteiger partial charge in [-0.3, -0.25) is 4.79 Å². The molecule has 0 aromatic heterocycles. The number of ether oxygens (including phenoxy) is 1. The molecule has 0 saturated carbocycles. The fourth-order valence-electron chi connectivity index (χ4n) is 3.57. The zero-order chi connectivity index (χ0) is 24.1. The maximum Gasteiger partial charge on any atom is 0.226 e. The molecule has 0 bridgehead atoms. The Morgan fingerprint density at radius 1 is 0.882 bits per heavy atom. The molecule has 0 aliphatic heterocycles. The third kappa shape index (κ3) is 5.82. The summed E-state index contributed by atoms with van der Waals surface area (Å²) in [7, 11) is 0. The number of carbonyl (C=O) groups excluding carboxylic acids is 1. The monoisotopic (exact) mass is 492 g/mol. The second-order valence-corrected chi connectivity index (χ2v) is 9.19. The van der Waals surface area contributed by atoms with Crippen LogP contribution in [0.4, 0.5) is 11.4 Å². The number of benzene rings is 4. The minimum Gasteiger partial charge on any atom is -0.489 e. The molecule has 0 unspecified atom stereocenters. The van der Waals surface area contributed by atoms with Crippen LogP contribution in [0.3, 0.4) is 0 Å². The van der Waals surface area contributed by atoms with Crippen molar-refractivity contribution in [1.29, 1.82) is 0 Å². The van der Waals surface area contributed by atoms with Crippen molar-refractivity contribution in [3.05, 3.63) is 100 Å². The topological polar surface area (TPSA) is 50.4 Å². The quantitative estimate of drug-likeness (QED) is 0.262. The van der Waals surface area contributed by atoms with Crippen LogP contribution >= 0.6 is 23.2 Å². The van der Waals surface area contributed by atoms with Gasteiger partial charge in [0.05, 0.1) is 10.0 Å². The van der Waals surface area contributed by atoms with Crippen molar-refractivity contribution in [3.63, 3.8) is 0 Å². The molecular formula is C28H26Cl2N2O2. The van der Waals surface area contributed by atoms with Crippen molar-refractivity contribution in [2.45, 2.75) is 27.0 Å². The van der Waals surface area contributed by atoms with Crippen LogP contribution in [0.5, 0.6) is 5.75 Å². The molecule has 0 atom stereocenters. The summed E-state index contributed by atoms with van der Waals surface area (Å²) >= 11 is 12.2. The molecule has 2 N–H and O–H groups in total. The highest BCUT2D eigenvalue weighted by Crippen LogP contribution is 2.30. The van der Waals surface area contributed by atoms with Crippen LogP contribution in [0.2, 0.25) is 10.0 Å². The van der Waals surface area contributed by atoms with Gasteiger partial charge in [-0.15, -0.1) is 0 Å². The normalized spacial score (nSPS) is 11.0. The first-order valence-corrected chi connectivity index (χ1v) is 11.9. The van der Waals surface area contributed by atoms with E-state index in [1.54, 1.807) is 6.07 Å². The molecule has 0 heterocycles. The summed E-state index contributed by atoms with van der Waals surface area (Å²) in [6.45, 7) is 4.70. The highest BCUT2D eigenvalue weighted by atomic mass is 35.5. The van der Waals surface area contributed by atoms with Crippen molar-refractivity contribution in [2.75, 3.05) is 10.6 Å². The third-order valence-corrected chi connectivity index (χ3v) is 6.26. The first-order valence-electron chi connectivity index (χ1n) is 11.1. The molecule has 0 aliphatic carbocycles. The summed E-state index contributed by atoms with van der Waals surface area (Å²) in [5, 5.41) is 9.70. The standard InChI is InChI=1S/C28H26Cl2N2O2/c1-18(2)28(33)32-22-11-9-21(10-12-22)31-16-24-23-6-4-3-5-20(23)8-14-27(24)34-17-19-7-13-25(29)26(30)15-19/h3-15,18,31H,16-17H2,1-2H3,(H,32,33). The first-order chi connectivity index (χ1) is 16.4. The maximum absolute atomic E-state index is 11.9. The van der Waals surface area contributed by atoms with Crippen LogP contribution in [-0.2, 0) is 17.9 Å². The van der Waals surface area contributed by atoms with Crippen molar-refractivity contribution in [2.24, 2.45) is 5.92 Å². The molecule has 1 amide bonds. The van der Waals surface area contributed by atoms with Crippen molar-refractivity contribution in [3.8, 4) is 5.75 Å². The Morgan fingerprint density at radius 2 is 1.62 bits per heavy atom. The van der Waals surface area contributed by atoms with E-state index in [0.29, 0.717) is 23.2 Å². The van der Waals surface area contributed by atoms with Gasteiger partial charge in [-0.1, -0.05) is 73.4 Å². The van der Waals surface area contributed by atoms with E-state index in [4.69, 9.17) is 27.9 Å². The second kappa shape index (κ2) is 10.8. The van der Waals surface area contributed by atoms with Crippen molar-refractivity contribution in [1.82, 2.24) is 0 Å². The van der Waals surface area contributed by atoms with Crippen LogP contribution in [0.15, 0.2) is 78.9 Å². The summed E-state index contributed by atoms with van der Waals surface area (Å²) < 4.78 is 6.21. The smallest absolute Gasteiger partial charge is 0.226 e. The van der Waals surface area contributed by atoms with E-state index >= 15 is 0 Å². The number of hydrogen-bond donors (Lipinski definition) is 2. The molecule has 0 aliphatic rings. The maximum atomic E-state index is 11.9. The lowest BCUT2D eigenvalue weighted by Crippen LogP contribution is -2.17. The van der Waals surface area contributed by atoms with Gasteiger partial charge < -0.3 is 15.4 Å². The van der Waals surface area contributed by atoms with E-state index in [2.05, 4.69) is 28.8 Å². The molecule has 0 radical (unpaired) electrons. The van der Waals surface area contributed by atoms with Gasteiger partial charge in [0.25, 0.3) is 0 Å². The minimum atomic E-state index is -0.0634. The Labute approximate surface area is 209 Å². The molecule has 0 fully saturated rings. The highest BCUT2D eigenvalue weighted by Gasteiger charge is 2.11. The number of fused-ring (bicyclic) bond motifs is 1. The predicted octanol–water partition coefficient (Wildman–Crippen LogP) is 7.93. The molecule has 4 aromatic carbocycles. The number of nitrogens with one attached hydrogen (secondary N) is 2. The second-order valence-electron chi connectivity index (χ2n) is 8.38. The van der Waals surface area contributed by atoms with Crippen LogP contribution in [0.1, 0.15) is 25.0 Å². The van der Waals surface area contributed by atoms with Gasteiger partial charge in [-0.2, -0.15) is 0 Å². The Bertz CT molecular complexity index is 1300. The largest absolute Gasteiger partial charge is 0.489 e. The summed E-state index contributed by atoms with van der Waals surface area (Å²) in [4.78, 5) is 11.9. The van der Waals surface area contributed by atoms with Crippen molar-refractivity contribution < 1.29 is 9.53 Å². The fourth-order valence-corrected chi connectivity index (χ4v) is 3.89. The SMILES string of the molecule is CC(C)C(=O)Nc1ccc(NCc2c(OCc3ccc(Cl)c(Cl)c3)ccc3ccccc23)cc1. The van der Waals surface area contributed by atoms with E-state index < -0.39 is 0 Å². The first kappa shape index (κ1) is 23.9. The Kier molecular flexibility index (Phi) is 7.61. The van der Waals surface area contributed by atoms with Crippen LogP contribution in [-0.4, -0.2) is 5.91 Å². The number of carbonyl (C=O) groups is 1. The lowest BCUT2D eigenvalue weighted by atomic mass is 10.0. The minimum absolute atomic E-state index is 0.000213. The van der Waals surface area contributed by atoms with Gasteiger partial charge in [0.1, 0.15) is 12.4 Å². The fraction of sp³-hybridized carbons (Fsp3) is 0.179. The number of anilines is 2. The van der Waals surface area contributed by atoms with Gasteiger partial charge in [0.15, 0.2) is 0 Å². The number of amides is 1. The lowest BCUT2D eigenvalue weighted by Gasteiger charge is -2.16. The van der Waals surface area contributed by atoms with E-state index in [1.807, 2.05) is 68.4 Å². The summed E-state index contributed by atoms with van der Waals surface area (Å²) in [6.07, 6.45) is 0. The molecule has 6 heteroatoms. The lowest BCUT2D eigenvalue weighted by molar-refractivity contribution is -0.118. The van der Waals surface area contributed by atoms with Crippen molar-refractivity contribution >= 4 is 51.3 Å². The zero-order valence-corrected chi connectivity index (χ0v) is 20.6. The summed E-state index contributed by atoms with van der Waals surface area (Å²) in [5.41, 5.74) is 3.74. The van der Waals surface area contributed by atoms with E-state index in [1.165, 1.54) is 0 Å². The van der Waals surface area contributed by atoms with Gasteiger partial charge in [0.2, 0.25) is 5.91 Å². The number of hydrogen-bond acceptors (Lipinski definition) is 3. The van der Waals surface area contributed by atoms with E-state index in [9.17, 15) is 4.79 Å². The van der Waals surface area contributed by atoms with E-state index in [0.717, 1.165) is 39.0 Å². The Hall–Kier alpha value is -3.21. The van der Waals surface area contributed by atoms with Crippen LogP contribution < -0.4 is 15.4 Å². The summed E-state index contributed by atoms with van der Waals surface area (Å²) in [5.74, 6) is 0.741. The molecular weight excluding hydrogens is 467 g/mol. The number of rotatable bonds is 8. The molecule has 4 rings (SSSR count). The molecule has 4 aromatic rings. The van der Waals surface area contributed by atoms with Gasteiger partial charge in [0, 0.05) is 29.4 Å². The molecule has 0 spiro atoms. The zero-order valence-electron chi connectivity index (χ0n) is 19.1. The predicted molar refractivity (Wildman–Crippen MR) is 142 cm³/mol. The average molecular weight is 493 g/mol. The molecule has 34 heavy (non-hydrogen) atoms. The Morgan fingerprint density at radius 3 is 2.35 bits per heavy atom. The van der Waals surface area contributed by atoms with Crippen LogP contribution in [0, 0.1) is 5.92 Å². The van der Waals surface area contributed by atoms with E-state index in [-0.39, 0.29) is 11.8 Å². The molecule has 4 nitrogen and oxygen atoms in total. The molecule has 0 saturated heterocycles. The summed E-state index contributed by atoms with van der Waals surface area (Å²) in [6, 6.07) is 25.5. The van der Waals surface area contributed by atoms with Gasteiger partial charge in [-0.25, -0.2) is 0 Å². The average Bonchev–Trinajstić information content (AvgIpc) is 2.84. The third-order valence-electron chi connectivity index (χ3n) is 5.52. The Balaban J connectivity index is 1.52. The number of halogens is 2. The van der Waals surface area contributed by atoms with Crippen LogP contribution in [0.25, 0.3) is 10.8 Å².